The van der Waals surface area contributed by atoms with Crippen LogP contribution in [0.2, 0.25) is 10.0 Å². The molecule has 0 heterocycles. The highest BCUT2D eigenvalue weighted by Crippen LogP contribution is 2.31. The smallest absolute Gasteiger partial charge is 0.264 e. The highest BCUT2D eigenvalue weighted by molar-refractivity contribution is 7.92. The molecule has 0 fully saturated rings. The summed E-state index contributed by atoms with van der Waals surface area (Å²) >= 11 is 12.3. The van der Waals surface area contributed by atoms with Gasteiger partial charge in [-0.1, -0.05) is 60.0 Å². The van der Waals surface area contributed by atoms with Crippen molar-refractivity contribution in [2.24, 2.45) is 0 Å². The molecule has 11 heteroatoms. The fraction of sp³-hybridized carbons (Fsp3) is 0.286. The van der Waals surface area contributed by atoms with Crippen molar-refractivity contribution in [3.8, 4) is 0 Å². The van der Waals surface area contributed by atoms with Gasteiger partial charge in [0.15, 0.2) is 0 Å². The van der Waals surface area contributed by atoms with Crippen molar-refractivity contribution in [2.75, 3.05) is 17.4 Å². The molecule has 0 saturated heterocycles. The van der Waals surface area contributed by atoms with E-state index >= 15 is 0 Å². The van der Waals surface area contributed by atoms with Crippen LogP contribution in [0.15, 0.2) is 71.6 Å². The quantitative estimate of drug-likeness (QED) is 0.314. The van der Waals surface area contributed by atoms with Crippen LogP contribution in [0.3, 0.4) is 0 Å². The molecule has 39 heavy (non-hydrogen) atoms. The highest BCUT2D eigenvalue weighted by Gasteiger charge is 2.33. The van der Waals surface area contributed by atoms with Crippen LogP contribution in [-0.4, -0.2) is 44.3 Å². The number of halogens is 3. The number of anilines is 1. The summed E-state index contributed by atoms with van der Waals surface area (Å²) in [5, 5.41) is 3.07. The standard InChI is InChI=1S/C28H30Cl2FN3O4S/c1-4-26(28(36)32-5-2)33(17-20-8-10-21(31)11-9-20)27(35)18-34(22-12-15-24(29)25(30)16-22)39(37,38)23-13-6-19(3)7-14-23/h6-16,26H,4-5,17-18H2,1-3H3,(H,32,36)/t26-/m1/s1. The minimum absolute atomic E-state index is 0.0205. The molecule has 1 atom stereocenters. The summed E-state index contributed by atoms with van der Waals surface area (Å²) < 4.78 is 42.1. The van der Waals surface area contributed by atoms with Crippen LogP contribution in [0, 0.1) is 12.7 Å². The van der Waals surface area contributed by atoms with Crippen molar-refractivity contribution in [1.82, 2.24) is 10.2 Å². The zero-order valence-corrected chi connectivity index (χ0v) is 24.2. The molecule has 2 amide bonds. The molecule has 0 aliphatic carbocycles. The fourth-order valence-corrected chi connectivity index (χ4v) is 5.70. The second kappa shape index (κ2) is 13.3. The number of likely N-dealkylation sites (N-methyl/N-ethyl adjacent to an activating group) is 1. The van der Waals surface area contributed by atoms with Crippen LogP contribution in [0.5, 0.6) is 0 Å². The van der Waals surface area contributed by atoms with Gasteiger partial charge in [0, 0.05) is 13.1 Å². The van der Waals surface area contributed by atoms with Crippen molar-refractivity contribution in [2.45, 2.75) is 44.7 Å². The van der Waals surface area contributed by atoms with E-state index in [9.17, 15) is 22.4 Å². The molecule has 7 nitrogen and oxygen atoms in total. The minimum Gasteiger partial charge on any atom is -0.355 e. The van der Waals surface area contributed by atoms with Gasteiger partial charge in [-0.25, -0.2) is 12.8 Å². The minimum atomic E-state index is -4.24. The Kier molecular flexibility index (Phi) is 10.4. The largest absolute Gasteiger partial charge is 0.355 e. The average Bonchev–Trinajstić information content (AvgIpc) is 2.90. The first-order valence-corrected chi connectivity index (χ1v) is 14.5. The predicted octanol–water partition coefficient (Wildman–Crippen LogP) is 5.58. The molecule has 3 aromatic rings. The Balaban J connectivity index is 2.08. The van der Waals surface area contributed by atoms with Crippen LogP contribution in [0.1, 0.15) is 31.4 Å². The van der Waals surface area contributed by atoms with Gasteiger partial charge in [-0.3, -0.25) is 13.9 Å². The lowest BCUT2D eigenvalue weighted by Crippen LogP contribution is -2.52. The molecular weight excluding hydrogens is 564 g/mol. The lowest BCUT2D eigenvalue weighted by Gasteiger charge is -2.33. The molecule has 0 unspecified atom stereocenters. The number of carbonyl (C=O) groups excluding carboxylic acids is 2. The molecule has 3 aromatic carbocycles. The van der Waals surface area contributed by atoms with Crippen molar-refractivity contribution < 1.29 is 22.4 Å². The normalized spacial score (nSPS) is 12.1. The molecular formula is C28H30Cl2FN3O4S. The van der Waals surface area contributed by atoms with E-state index in [1.165, 1.54) is 59.5 Å². The van der Waals surface area contributed by atoms with Crippen molar-refractivity contribution in [3.63, 3.8) is 0 Å². The van der Waals surface area contributed by atoms with Crippen LogP contribution >= 0.6 is 23.2 Å². The Morgan fingerprint density at radius 3 is 2.15 bits per heavy atom. The summed E-state index contributed by atoms with van der Waals surface area (Å²) in [5.41, 5.74) is 1.57. The molecule has 3 rings (SSSR count). The first-order chi connectivity index (χ1) is 18.5. The van der Waals surface area contributed by atoms with Crippen LogP contribution < -0.4 is 9.62 Å². The summed E-state index contributed by atoms with van der Waals surface area (Å²) in [7, 11) is -4.24. The number of carbonyl (C=O) groups is 2. The topological polar surface area (TPSA) is 86.8 Å². The van der Waals surface area contributed by atoms with Gasteiger partial charge in [0.05, 0.1) is 20.6 Å². The maximum Gasteiger partial charge on any atom is 0.264 e. The van der Waals surface area contributed by atoms with Gasteiger partial charge in [0.1, 0.15) is 18.4 Å². The zero-order valence-electron chi connectivity index (χ0n) is 21.8. The highest BCUT2D eigenvalue weighted by atomic mass is 35.5. The second-order valence-electron chi connectivity index (χ2n) is 8.89. The van der Waals surface area contributed by atoms with E-state index in [1.807, 2.05) is 6.92 Å². The summed E-state index contributed by atoms with van der Waals surface area (Å²) in [6.07, 6.45) is 0.274. The summed E-state index contributed by atoms with van der Waals surface area (Å²) in [6, 6.07) is 15.2. The molecule has 0 bridgehead atoms. The molecule has 0 aliphatic rings. The fourth-order valence-electron chi connectivity index (χ4n) is 4.00. The maximum absolute atomic E-state index is 13.9. The van der Waals surface area contributed by atoms with E-state index in [0.29, 0.717) is 12.1 Å². The Labute approximate surface area is 238 Å². The zero-order chi connectivity index (χ0) is 28.7. The van der Waals surface area contributed by atoms with Gasteiger partial charge in [-0.05, 0) is 68.3 Å². The van der Waals surface area contributed by atoms with Crippen molar-refractivity contribution in [3.05, 3.63) is 93.7 Å². The van der Waals surface area contributed by atoms with Crippen molar-refractivity contribution >= 4 is 50.7 Å². The summed E-state index contributed by atoms with van der Waals surface area (Å²) in [5.74, 6) is -1.44. The molecule has 0 saturated carbocycles. The number of amides is 2. The lowest BCUT2D eigenvalue weighted by molar-refractivity contribution is -0.140. The van der Waals surface area contributed by atoms with Gasteiger partial charge in [0.2, 0.25) is 11.8 Å². The van der Waals surface area contributed by atoms with E-state index in [-0.39, 0.29) is 39.5 Å². The number of nitrogens with one attached hydrogen (secondary N) is 1. The van der Waals surface area contributed by atoms with Gasteiger partial charge in [-0.15, -0.1) is 0 Å². The number of rotatable bonds is 11. The van der Waals surface area contributed by atoms with Gasteiger partial charge in [0.25, 0.3) is 10.0 Å². The van der Waals surface area contributed by atoms with E-state index in [1.54, 1.807) is 26.0 Å². The Bertz CT molecular complexity index is 1420. The number of aryl methyl sites for hydroxylation is 1. The third kappa shape index (κ3) is 7.50. The Morgan fingerprint density at radius 1 is 0.949 bits per heavy atom. The van der Waals surface area contributed by atoms with Crippen molar-refractivity contribution in [1.29, 1.82) is 0 Å². The summed E-state index contributed by atoms with van der Waals surface area (Å²) in [6.45, 7) is 5.04. The number of sulfonamides is 1. The molecule has 1 N–H and O–H groups in total. The Morgan fingerprint density at radius 2 is 1.59 bits per heavy atom. The predicted molar refractivity (Wildman–Crippen MR) is 152 cm³/mol. The van der Waals surface area contributed by atoms with E-state index in [0.717, 1.165) is 9.87 Å². The number of benzene rings is 3. The SMILES string of the molecule is CCNC(=O)[C@@H](CC)N(Cc1ccc(F)cc1)C(=O)CN(c1ccc(Cl)c(Cl)c1)S(=O)(=O)c1ccc(C)cc1. The molecule has 0 aliphatic heterocycles. The Hall–Kier alpha value is -3.14. The molecule has 0 aromatic heterocycles. The number of hydrogen-bond acceptors (Lipinski definition) is 4. The van der Waals surface area contributed by atoms with Crippen LogP contribution in [0.25, 0.3) is 0 Å². The van der Waals surface area contributed by atoms with E-state index in [4.69, 9.17) is 23.2 Å². The van der Waals surface area contributed by atoms with Gasteiger partial charge in [-0.2, -0.15) is 0 Å². The maximum atomic E-state index is 13.9. The first-order valence-electron chi connectivity index (χ1n) is 12.3. The molecule has 208 valence electrons. The number of hydrogen-bond donors (Lipinski definition) is 1. The monoisotopic (exact) mass is 593 g/mol. The van der Waals surface area contributed by atoms with Gasteiger partial charge >= 0.3 is 0 Å². The van der Waals surface area contributed by atoms with Crippen LogP contribution in [0.4, 0.5) is 10.1 Å². The van der Waals surface area contributed by atoms with Crippen LogP contribution in [-0.2, 0) is 26.2 Å². The van der Waals surface area contributed by atoms with E-state index < -0.39 is 34.3 Å². The third-order valence-corrected chi connectivity index (χ3v) is 8.61. The molecule has 0 spiro atoms. The number of nitrogens with zero attached hydrogens (tertiary/aromatic N) is 2. The summed E-state index contributed by atoms with van der Waals surface area (Å²) in [4.78, 5) is 28.1. The second-order valence-corrected chi connectivity index (χ2v) is 11.6. The third-order valence-electron chi connectivity index (χ3n) is 6.08. The molecule has 0 radical (unpaired) electrons. The lowest BCUT2D eigenvalue weighted by atomic mass is 10.1. The first kappa shape index (κ1) is 30.4. The van der Waals surface area contributed by atoms with Gasteiger partial charge < -0.3 is 10.2 Å². The average molecular weight is 595 g/mol. The van der Waals surface area contributed by atoms with E-state index in [2.05, 4.69) is 5.32 Å².